The molecule has 1 heterocycles. The van der Waals surface area contributed by atoms with Crippen LogP contribution in [0.15, 0.2) is 4.52 Å². The number of hydrogen-bond donors (Lipinski definition) is 1. The first-order chi connectivity index (χ1) is 8.49. The molecule has 0 spiro atoms. The fourth-order valence-electron chi connectivity index (χ4n) is 1.76. The van der Waals surface area contributed by atoms with E-state index in [-0.39, 0.29) is 6.04 Å². The van der Waals surface area contributed by atoms with Crippen LogP contribution in [0.4, 0.5) is 0 Å². The van der Waals surface area contributed by atoms with Gasteiger partial charge in [-0.15, -0.1) is 0 Å². The van der Waals surface area contributed by atoms with Gasteiger partial charge in [0.1, 0.15) is 0 Å². The van der Waals surface area contributed by atoms with Crippen molar-refractivity contribution in [2.75, 3.05) is 20.6 Å². The maximum atomic E-state index is 5.73. The molecule has 5 nitrogen and oxygen atoms in total. The topological polar surface area (TPSA) is 68.2 Å². The van der Waals surface area contributed by atoms with Gasteiger partial charge in [-0.3, -0.25) is 0 Å². The van der Waals surface area contributed by atoms with E-state index >= 15 is 0 Å². The van der Waals surface area contributed by atoms with Crippen LogP contribution < -0.4 is 5.73 Å². The summed E-state index contributed by atoms with van der Waals surface area (Å²) in [5.74, 6) is 1.88. The van der Waals surface area contributed by atoms with Crippen molar-refractivity contribution in [3.63, 3.8) is 0 Å². The predicted octanol–water partition coefficient (Wildman–Crippen LogP) is 1.79. The molecule has 5 heteroatoms. The van der Waals surface area contributed by atoms with Crippen molar-refractivity contribution in [3.8, 4) is 0 Å². The Hall–Kier alpha value is -0.940. The van der Waals surface area contributed by atoms with Gasteiger partial charge in [-0.05, 0) is 33.9 Å². The molecule has 0 amide bonds. The quantitative estimate of drug-likeness (QED) is 0.766. The Morgan fingerprint density at radius 3 is 2.61 bits per heavy atom. The highest BCUT2D eigenvalue weighted by atomic mass is 16.5. The van der Waals surface area contributed by atoms with Crippen LogP contribution in [0.1, 0.15) is 50.7 Å². The van der Waals surface area contributed by atoms with Crippen LogP contribution in [-0.2, 0) is 6.42 Å². The van der Waals surface area contributed by atoms with Crippen LogP contribution in [0, 0.1) is 0 Å². The summed E-state index contributed by atoms with van der Waals surface area (Å²) in [7, 11) is 4.08. The maximum absolute atomic E-state index is 5.73. The Balaban J connectivity index is 2.36. The second-order valence-electron chi connectivity index (χ2n) is 5.41. The molecular weight excluding hydrogens is 228 g/mol. The van der Waals surface area contributed by atoms with Crippen LogP contribution in [0.25, 0.3) is 0 Å². The van der Waals surface area contributed by atoms with Gasteiger partial charge >= 0.3 is 0 Å². The summed E-state index contributed by atoms with van der Waals surface area (Å²) < 4.78 is 5.31. The average Bonchev–Trinajstić information content (AvgIpc) is 2.74. The average molecular weight is 254 g/mol. The van der Waals surface area contributed by atoms with Crippen molar-refractivity contribution >= 4 is 0 Å². The molecule has 0 aliphatic rings. The predicted molar refractivity (Wildman–Crippen MR) is 72.5 cm³/mol. The second kappa shape index (κ2) is 7.48. The summed E-state index contributed by atoms with van der Waals surface area (Å²) in [4.78, 5) is 6.56. The summed E-state index contributed by atoms with van der Waals surface area (Å²) in [6.07, 6.45) is 4.04. The van der Waals surface area contributed by atoms with Gasteiger partial charge in [-0.1, -0.05) is 18.5 Å². The van der Waals surface area contributed by atoms with Crippen LogP contribution in [-0.4, -0.2) is 41.7 Å². The fourth-order valence-corrected chi connectivity index (χ4v) is 1.76. The van der Waals surface area contributed by atoms with E-state index in [1.165, 1.54) is 0 Å². The van der Waals surface area contributed by atoms with E-state index < -0.39 is 0 Å². The molecule has 18 heavy (non-hydrogen) atoms. The Morgan fingerprint density at radius 1 is 1.28 bits per heavy atom. The first kappa shape index (κ1) is 15.1. The molecule has 1 rings (SSSR count). The monoisotopic (exact) mass is 254 g/mol. The third-order valence-corrected chi connectivity index (χ3v) is 2.98. The van der Waals surface area contributed by atoms with Gasteiger partial charge in [-0.25, -0.2) is 0 Å². The first-order valence-corrected chi connectivity index (χ1v) is 6.71. The summed E-state index contributed by atoms with van der Waals surface area (Å²) >= 11 is 0. The van der Waals surface area contributed by atoms with Crippen molar-refractivity contribution in [2.24, 2.45) is 5.73 Å². The number of rotatable bonds is 8. The summed E-state index contributed by atoms with van der Waals surface area (Å²) in [6, 6.07) is 0.274. The van der Waals surface area contributed by atoms with Gasteiger partial charge < -0.3 is 15.2 Å². The summed E-state index contributed by atoms with van der Waals surface area (Å²) in [5.41, 5.74) is 5.73. The molecular formula is C13H26N4O. The normalized spacial score (nSPS) is 15.0. The lowest BCUT2D eigenvalue weighted by atomic mass is 10.0. The molecule has 104 valence electrons. The van der Waals surface area contributed by atoms with Gasteiger partial charge in [0.25, 0.3) is 0 Å². The third-order valence-electron chi connectivity index (χ3n) is 2.98. The van der Waals surface area contributed by atoms with E-state index in [0.717, 1.165) is 43.9 Å². The van der Waals surface area contributed by atoms with Crippen molar-refractivity contribution in [3.05, 3.63) is 11.7 Å². The lowest BCUT2D eigenvalue weighted by Crippen LogP contribution is -2.15. The second-order valence-corrected chi connectivity index (χ2v) is 5.41. The lowest BCUT2D eigenvalue weighted by molar-refractivity contribution is 0.343. The molecule has 1 aromatic rings. The molecule has 0 saturated carbocycles. The number of nitrogens with zero attached hydrogens (tertiary/aromatic N) is 3. The van der Waals surface area contributed by atoms with Crippen LogP contribution in [0.2, 0.25) is 0 Å². The third kappa shape index (κ3) is 5.60. The van der Waals surface area contributed by atoms with E-state index in [2.05, 4.69) is 22.0 Å². The van der Waals surface area contributed by atoms with E-state index in [0.29, 0.717) is 5.92 Å². The van der Waals surface area contributed by atoms with Gasteiger partial charge in [-0.2, -0.15) is 4.98 Å². The van der Waals surface area contributed by atoms with Crippen LogP contribution in [0.5, 0.6) is 0 Å². The van der Waals surface area contributed by atoms with Crippen molar-refractivity contribution in [1.82, 2.24) is 15.0 Å². The standard InChI is InChI=1S/C13H26N4O/c1-10(6-5-7-11(2)14)13-15-12(16-18-13)8-9-17(3)4/h10-11H,5-9,14H2,1-4H3. The van der Waals surface area contributed by atoms with Gasteiger partial charge in [0.05, 0.1) is 0 Å². The minimum absolute atomic E-state index is 0.274. The Morgan fingerprint density at radius 2 is 2.00 bits per heavy atom. The van der Waals surface area contributed by atoms with Gasteiger partial charge in [0.2, 0.25) is 5.89 Å². The van der Waals surface area contributed by atoms with E-state index in [1.807, 2.05) is 21.0 Å². The molecule has 1 aromatic heterocycles. The molecule has 0 aromatic carbocycles. The van der Waals surface area contributed by atoms with E-state index in [4.69, 9.17) is 10.3 Å². The zero-order valence-electron chi connectivity index (χ0n) is 12.0. The minimum Gasteiger partial charge on any atom is -0.339 e. The number of nitrogens with two attached hydrogens (primary N) is 1. The minimum atomic E-state index is 0.274. The Bertz CT molecular complexity index is 335. The van der Waals surface area contributed by atoms with E-state index in [9.17, 15) is 0 Å². The SMILES string of the molecule is CC(N)CCCC(C)c1nc(CCN(C)C)no1. The molecule has 2 N–H and O–H groups in total. The molecule has 0 radical (unpaired) electrons. The Kier molecular flexibility index (Phi) is 6.29. The highest BCUT2D eigenvalue weighted by molar-refractivity contribution is 4.92. The highest BCUT2D eigenvalue weighted by Crippen LogP contribution is 2.20. The first-order valence-electron chi connectivity index (χ1n) is 6.71. The molecule has 0 fully saturated rings. The number of hydrogen-bond acceptors (Lipinski definition) is 5. The van der Waals surface area contributed by atoms with Gasteiger partial charge in [0, 0.05) is 24.9 Å². The van der Waals surface area contributed by atoms with Crippen molar-refractivity contribution < 1.29 is 4.52 Å². The fraction of sp³-hybridized carbons (Fsp3) is 0.846. The molecule has 0 aliphatic heterocycles. The van der Waals surface area contributed by atoms with Crippen molar-refractivity contribution in [2.45, 2.75) is 51.5 Å². The molecule has 2 unspecified atom stereocenters. The molecule has 2 atom stereocenters. The molecule has 0 saturated heterocycles. The maximum Gasteiger partial charge on any atom is 0.229 e. The van der Waals surface area contributed by atoms with Gasteiger partial charge in [0.15, 0.2) is 5.82 Å². The zero-order chi connectivity index (χ0) is 13.5. The van der Waals surface area contributed by atoms with Crippen LogP contribution in [0.3, 0.4) is 0 Å². The highest BCUT2D eigenvalue weighted by Gasteiger charge is 2.14. The largest absolute Gasteiger partial charge is 0.339 e. The zero-order valence-corrected chi connectivity index (χ0v) is 12.0. The van der Waals surface area contributed by atoms with Crippen LogP contribution >= 0.6 is 0 Å². The molecule has 0 bridgehead atoms. The lowest BCUT2D eigenvalue weighted by Gasteiger charge is -2.08. The van der Waals surface area contributed by atoms with E-state index in [1.54, 1.807) is 0 Å². The Labute approximate surface area is 110 Å². The smallest absolute Gasteiger partial charge is 0.229 e. The molecule has 0 aliphatic carbocycles. The number of likely N-dealkylation sites (N-methyl/N-ethyl adjacent to an activating group) is 1. The summed E-state index contributed by atoms with van der Waals surface area (Å²) in [6.45, 7) is 5.11. The number of aromatic nitrogens is 2. The van der Waals surface area contributed by atoms with Crippen molar-refractivity contribution in [1.29, 1.82) is 0 Å². The summed E-state index contributed by atoms with van der Waals surface area (Å²) in [5, 5.41) is 4.01.